The van der Waals surface area contributed by atoms with Gasteiger partial charge in [0.2, 0.25) is 0 Å². The minimum absolute atomic E-state index is 0.184. The van der Waals surface area contributed by atoms with Crippen molar-refractivity contribution in [1.82, 2.24) is 9.80 Å². The first-order valence-electron chi connectivity index (χ1n) is 7.07. The molecule has 1 aromatic carbocycles. The summed E-state index contributed by atoms with van der Waals surface area (Å²) in [7, 11) is 2.18. The molecular formula is C16H26N2O. The van der Waals surface area contributed by atoms with Gasteiger partial charge in [0.15, 0.2) is 0 Å². The molecule has 1 N–H and O–H groups in total. The van der Waals surface area contributed by atoms with Crippen LogP contribution in [0.1, 0.15) is 31.1 Å². The highest BCUT2D eigenvalue weighted by Gasteiger charge is 2.31. The maximum atomic E-state index is 10.4. The molecule has 1 unspecified atom stereocenters. The molecule has 1 aromatic rings. The summed E-state index contributed by atoms with van der Waals surface area (Å²) in [5.41, 5.74) is 2.41. The number of hydrogen-bond donors (Lipinski definition) is 1. The van der Waals surface area contributed by atoms with Gasteiger partial charge in [0.1, 0.15) is 0 Å². The zero-order valence-electron chi connectivity index (χ0n) is 12.6. The van der Waals surface area contributed by atoms with Crippen LogP contribution >= 0.6 is 0 Å². The van der Waals surface area contributed by atoms with E-state index in [1.165, 1.54) is 5.56 Å². The second kappa shape index (κ2) is 5.61. The number of nitrogens with zero attached hydrogens (tertiary/aromatic N) is 2. The van der Waals surface area contributed by atoms with Gasteiger partial charge in [0, 0.05) is 31.7 Å². The number of β-amino-alcohol motifs (C(OH)–C–C–N with tert-alkyl or cyclic N) is 1. The fraction of sp³-hybridized carbons (Fsp3) is 0.625. The average molecular weight is 262 g/mol. The molecule has 19 heavy (non-hydrogen) atoms. The Morgan fingerprint density at radius 3 is 2.58 bits per heavy atom. The molecule has 2 rings (SSSR count). The summed E-state index contributed by atoms with van der Waals surface area (Å²) in [6.07, 6.45) is -0.389. The Morgan fingerprint density at radius 1 is 1.26 bits per heavy atom. The topological polar surface area (TPSA) is 26.7 Å². The minimum Gasteiger partial charge on any atom is -0.387 e. The molecule has 0 radical (unpaired) electrons. The third-order valence-electron chi connectivity index (χ3n) is 4.37. The lowest BCUT2D eigenvalue weighted by Gasteiger charge is -2.45. The number of piperazine rings is 1. The van der Waals surface area contributed by atoms with Gasteiger partial charge in [0.25, 0.3) is 0 Å². The summed E-state index contributed by atoms with van der Waals surface area (Å²) in [5.74, 6) is 0. The van der Waals surface area contributed by atoms with E-state index in [-0.39, 0.29) is 11.6 Å². The second-order valence-electron chi connectivity index (χ2n) is 6.34. The summed E-state index contributed by atoms with van der Waals surface area (Å²) in [6, 6.07) is 8.11. The molecule has 1 heterocycles. The average Bonchev–Trinajstić information content (AvgIpc) is 2.34. The molecule has 0 bridgehead atoms. The summed E-state index contributed by atoms with van der Waals surface area (Å²) in [6.45, 7) is 10.4. The van der Waals surface area contributed by atoms with Crippen molar-refractivity contribution in [2.75, 3.05) is 33.2 Å². The van der Waals surface area contributed by atoms with Crippen molar-refractivity contribution in [3.63, 3.8) is 0 Å². The Hall–Kier alpha value is -0.900. The fourth-order valence-electron chi connectivity index (χ4n) is 2.80. The molecule has 0 saturated carbocycles. The van der Waals surface area contributed by atoms with Crippen LogP contribution in [0.15, 0.2) is 24.3 Å². The molecule has 1 atom stereocenters. The normalized spacial score (nSPS) is 22.4. The first-order valence-corrected chi connectivity index (χ1v) is 7.07. The molecule has 3 nitrogen and oxygen atoms in total. The third-order valence-corrected chi connectivity index (χ3v) is 4.37. The van der Waals surface area contributed by atoms with Crippen LogP contribution in [0.4, 0.5) is 0 Å². The van der Waals surface area contributed by atoms with E-state index in [0.717, 1.165) is 31.7 Å². The largest absolute Gasteiger partial charge is 0.387 e. The Morgan fingerprint density at radius 2 is 1.95 bits per heavy atom. The van der Waals surface area contributed by atoms with E-state index >= 15 is 0 Å². The summed E-state index contributed by atoms with van der Waals surface area (Å²) in [5, 5.41) is 10.4. The molecule has 1 aliphatic rings. The molecule has 1 saturated heterocycles. The number of rotatable bonds is 3. The molecular weight excluding hydrogens is 236 g/mol. The highest BCUT2D eigenvalue weighted by atomic mass is 16.3. The van der Waals surface area contributed by atoms with Gasteiger partial charge in [-0.15, -0.1) is 0 Å². The lowest BCUT2D eigenvalue weighted by Crippen LogP contribution is -2.58. The maximum absolute atomic E-state index is 10.4. The minimum atomic E-state index is -0.389. The Bertz CT molecular complexity index is 431. The Labute approximate surface area is 116 Å². The van der Waals surface area contributed by atoms with Gasteiger partial charge in [0.05, 0.1) is 6.10 Å². The molecule has 0 aromatic heterocycles. The van der Waals surface area contributed by atoms with Crippen molar-refractivity contribution < 1.29 is 5.11 Å². The standard InChI is InChI=1S/C16H26N2O/c1-13-7-5-6-8-14(13)15(19)11-18-10-9-17(4)16(2,3)12-18/h5-8,15,19H,9-12H2,1-4H3. The van der Waals surface area contributed by atoms with Crippen LogP contribution in [0.3, 0.4) is 0 Å². The number of aliphatic hydroxyl groups excluding tert-OH is 1. The monoisotopic (exact) mass is 262 g/mol. The van der Waals surface area contributed by atoms with E-state index in [2.05, 4.69) is 43.7 Å². The first kappa shape index (κ1) is 14.5. The van der Waals surface area contributed by atoms with Gasteiger partial charge in [-0.1, -0.05) is 24.3 Å². The van der Waals surface area contributed by atoms with Gasteiger partial charge < -0.3 is 5.11 Å². The van der Waals surface area contributed by atoms with Crippen LogP contribution in [0.2, 0.25) is 0 Å². The number of benzene rings is 1. The Balaban J connectivity index is 2.00. The summed E-state index contributed by atoms with van der Waals surface area (Å²) in [4.78, 5) is 4.76. The van der Waals surface area contributed by atoms with Crippen LogP contribution in [-0.2, 0) is 0 Å². The van der Waals surface area contributed by atoms with Gasteiger partial charge >= 0.3 is 0 Å². The predicted molar refractivity (Wildman–Crippen MR) is 79.3 cm³/mol. The molecule has 106 valence electrons. The second-order valence-corrected chi connectivity index (χ2v) is 6.34. The quantitative estimate of drug-likeness (QED) is 0.903. The lowest BCUT2D eigenvalue weighted by atomic mass is 9.98. The van der Waals surface area contributed by atoms with E-state index in [1.807, 2.05) is 18.2 Å². The van der Waals surface area contributed by atoms with Crippen LogP contribution in [0, 0.1) is 6.92 Å². The van der Waals surface area contributed by atoms with Crippen LogP contribution in [0.25, 0.3) is 0 Å². The van der Waals surface area contributed by atoms with E-state index in [9.17, 15) is 5.11 Å². The maximum Gasteiger partial charge on any atom is 0.0919 e. The summed E-state index contributed by atoms with van der Waals surface area (Å²) >= 11 is 0. The fourth-order valence-corrected chi connectivity index (χ4v) is 2.80. The third kappa shape index (κ3) is 3.35. The van der Waals surface area contributed by atoms with Crippen LogP contribution < -0.4 is 0 Å². The molecule has 0 amide bonds. The van der Waals surface area contributed by atoms with Gasteiger partial charge in [-0.05, 0) is 38.9 Å². The zero-order chi connectivity index (χ0) is 14.0. The van der Waals surface area contributed by atoms with Crippen LogP contribution in [0.5, 0.6) is 0 Å². The molecule has 1 aliphatic heterocycles. The van der Waals surface area contributed by atoms with Crippen molar-refractivity contribution in [1.29, 1.82) is 0 Å². The van der Waals surface area contributed by atoms with E-state index < -0.39 is 0 Å². The predicted octanol–water partition coefficient (Wildman–Crippen LogP) is 2.05. The van der Waals surface area contributed by atoms with Crippen LogP contribution in [-0.4, -0.2) is 53.7 Å². The number of aliphatic hydroxyl groups is 1. The van der Waals surface area contributed by atoms with E-state index in [0.29, 0.717) is 0 Å². The van der Waals surface area contributed by atoms with Crippen molar-refractivity contribution in [2.45, 2.75) is 32.4 Å². The van der Waals surface area contributed by atoms with Crippen molar-refractivity contribution in [3.8, 4) is 0 Å². The summed E-state index contributed by atoms with van der Waals surface area (Å²) < 4.78 is 0. The number of aryl methyl sites for hydroxylation is 1. The van der Waals surface area contributed by atoms with Gasteiger partial charge in [-0.25, -0.2) is 0 Å². The molecule has 3 heteroatoms. The highest BCUT2D eigenvalue weighted by molar-refractivity contribution is 5.27. The number of hydrogen-bond acceptors (Lipinski definition) is 3. The van der Waals surface area contributed by atoms with E-state index in [1.54, 1.807) is 0 Å². The molecule has 1 fully saturated rings. The molecule has 0 spiro atoms. The zero-order valence-corrected chi connectivity index (χ0v) is 12.6. The SMILES string of the molecule is Cc1ccccc1C(O)CN1CCN(C)C(C)(C)C1. The Kier molecular flexibility index (Phi) is 4.29. The van der Waals surface area contributed by atoms with Gasteiger partial charge in [-0.3, -0.25) is 9.80 Å². The lowest BCUT2D eigenvalue weighted by molar-refractivity contribution is 0.0141. The van der Waals surface area contributed by atoms with Gasteiger partial charge in [-0.2, -0.15) is 0 Å². The first-order chi connectivity index (χ1) is 8.90. The van der Waals surface area contributed by atoms with Crippen molar-refractivity contribution in [3.05, 3.63) is 35.4 Å². The smallest absolute Gasteiger partial charge is 0.0919 e. The van der Waals surface area contributed by atoms with E-state index in [4.69, 9.17) is 0 Å². The highest BCUT2D eigenvalue weighted by Crippen LogP contribution is 2.23. The van der Waals surface area contributed by atoms with Crippen molar-refractivity contribution >= 4 is 0 Å². The van der Waals surface area contributed by atoms with Crippen molar-refractivity contribution in [2.24, 2.45) is 0 Å². The number of likely N-dealkylation sites (N-methyl/N-ethyl adjacent to an activating group) is 1. The molecule has 0 aliphatic carbocycles.